The average Bonchev–Trinajstić information content (AvgIpc) is 1.66. The second kappa shape index (κ2) is 41.7. The van der Waals surface area contributed by atoms with E-state index in [1.54, 1.807) is 126 Å². The zero-order chi connectivity index (χ0) is 94.7. The van der Waals surface area contributed by atoms with Gasteiger partial charge in [-0.05, 0) is 134 Å². The standard InChI is InChI=1S/C33H41F2N4O7.C30H37F2N4O7.C29H35F2N4O7.3V/c1-6-19-24(15-40)39-14-26(19)45-29-27(36-22-8-7-18(43-5)13-23(22)37-29)33(34,35)16-44-10-9-20-21-11-17(21)12-25(20)46-31(42)38-28(30(39)41)32(2,3)4;1-16-21(14-37)36-13-22(16)42-25-23(33-19-8-7-18(40-6)11-20(19)34-25)30(31,32)15-41-10-9-17-12-29(17,5)43-27(39)35-24(26(36)38)28(2,3)4;1-15-20(13-36)35-12-22(15)41-25-23(32-18-7-6-17(39-5)11-19(18)33-25)29(30,31)14-40-9-8-16-10-21(16)42-27(38)34-24(26(35)37)28(2,3)4;;;/h7-8,13,17,19-21,24-26,28H,6,9-12,14,16H2,1-5H3,(H,38,42);7-8,11,16-17,21-22,24H,9-10,12-13,15H2,1-6H3,(H,35,39);6-7,11,15-16,20-22,24H,8-10,12,14H2,1-5H3,(H,34,38);;;/q3*-1;;;/t17?,19-,20+,21?,24+,25+,26-,28+;16-,17+,21+,22-,24+,29+;15-,16+,20+,21+,22-,24+;;;/m000.../s1. The van der Waals surface area contributed by atoms with Crippen LogP contribution in [0.25, 0.3) is 33.1 Å². The number of rotatable bonds is 7. The zero-order valence-corrected chi connectivity index (χ0v) is 81.6. The summed E-state index contributed by atoms with van der Waals surface area (Å²) in [4.78, 5) is 147. The number of nitrogens with zero attached hydrogens (tertiary/aromatic N) is 9. The van der Waals surface area contributed by atoms with Crippen LogP contribution in [0.2, 0.25) is 0 Å². The molecule has 9 heterocycles. The topological polar surface area (TPSA) is 388 Å². The van der Waals surface area contributed by atoms with Crippen molar-refractivity contribution in [2.75, 3.05) is 80.6 Å². The van der Waals surface area contributed by atoms with E-state index in [2.05, 4.69) is 45.9 Å². The monoisotopic (exact) mass is 1990 g/mol. The minimum Gasteiger partial charge on any atom is -0.540 e. The molecule has 3 radical (unpaired) electrons. The summed E-state index contributed by atoms with van der Waals surface area (Å²) in [5.74, 6) is -13.6. The van der Waals surface area contributed by atoms with E-state index in [9.17, 15) is 43.2 Å². The zero-order valence-electron chi connectivity index (χ0n) is 77.4. The number of alkyl carbamates (subject to hydrolysis) is 3. The smallest absolute Gasteiger partial charge is 0.408 e. The molecule has 6 aliphatic heterocycles. The van der Waals surface area contributed by atoms with Crippen molar-refractivity contribution in [1.29, 1.82) is 0 Å². The third kappa shape index (κ3) is 23.0. The van der Waals surface area contributed by atoms with Crippen molar-refractivity contribution in [3.63, 3.8) is 0 Å². The van der Waals surface area contributed by atoms with Gasteiger partial charge in [-0.2, -0.15) is 26.3 Å². The molecule has 10 aliphatic rings. The number of methoxy groups -OCH3 is 3. The van der Waals surface area contributed by atoms with E-state index in [4.69, 9.17) is 56.8 Å². The van der Waals surface area contributed by atoms with Crippen LogP contribution >= 0.6 is 0 Å². The van der Waals surface area contributed by atoms with Crippen molar-refractivity contribution in [3.8, 4) is 34.9 Å². The van der Waals surface area contributed by atoms with Gasteiger partial charge in [0, 0.05) is 111 Å². The van der Waals surface area contributed by atoms with E-state index in [-0.39, 0.29) is 146 Å². The molecule has 4 aliphatic carbocycles. The summed E-state index contributed by atoms with van der Waals surface area (Å²) in [6.07, 6.45) is 4.35. The van der Waals surface area contributed by atoms with Gasteiger partial charge in [-0.1, -0.05) is 108 Å². The number of halogens is 6. The number of hydrogen-bond acceptors (Lipinski definition) is 27. The maximum atomic E-state index is 16.0. The Hall–Kier alpha value is -9.08. The summed E-state index contributed by atoms with van der Waals surface area (Å²) in [6.45, 7) is 19.7. The van der Waals surface area contributed by atoms with Gasteiger partial charge < -0.3 is 102 Å². The first-order chi connectivity index (χ1) is 61.8. The van der Waals surface area contributed by atoms with E-state index >= 15 is 26.3 Å². The average molecular weight is 1990 g/mol. The van der Waals surface area contributed by atoms with Gasteiger partial charge in [0.1, 0.15) is 91.3 Å². The molecule has 3 aromatic carbocycles. The maximum absolute atomic E-state index is 16.0. The summed E-state index contributed by atoms with van der Waals surface area (Å²) in [7, 11) is 4.42. The molecule has 42 heteroatoms. The fraction of sp³-hybridized carbons (Fsp3) is 0.641. The number of benzene rings is 3. The van der Waals surface area contributed by atoms with Crippen LogP contribution in [0.15, 0.2) is 54.6 Å². The van der Waals surface area contributed by atoms with Crippen LogP contribution in [-0.4, -0.2) is 252 Å². The van der Waals surface area contributed by atoms with Crippen molar-refractivity contribution in [2.45, 2.75) is 232 Å². The number of ether oxygens (including phenoxy) is 12. The summed E-state index contributed by atoms with van der Waals surface area (Å²) in [6, 6.07) is 7.73. The number of hydrogen-bond donors (Lipinski definition) is 3. The number of fused-ring (bicyclic) bond motifs is 17. The van der Waals surface area contributed by atoms with Gasteiger partial charge in [0.05, 0.1) is 74.1 Å². The van der Waals surface area contributed by atoms with Gasteiger partial charge in [-0.15, -0.1) is 0 Å². The molecule has 7 fully saturated rings. The van der Waals surface area contributed by atoms with Crippen LogP contribution < -0.4 is 44.4 Å². The molecule has 6 bridgehead atoms. The van der Waals surface area contributed by atoms with Crippen LogP contribution in [0.3, 0.4) is 0 Å². The van der Waals surface area contributed by atoms with E-state index in [1.807, 2.05) is 25.8 Å². The van der Waals surface area contributed by atoms with Crippen LogP contribution in [0, 0.1) is 63.6 Å². The number of carbonyl (C=O) groups excluding carboxylic acids is 9. The largest absolute Gasteiger partial charge is 0.540 e. The minimum absolute atomic E-state index is 0. The number of carbonyl (C=O) groups is 6. The molecule has 33 nitrogen and oxygen atoms in total. The Bertz CT molecular complexity index is 5320. The maximum Gasteiger partial charge on any atom is 0.408 e. The number of aromatic nitrogens is 6. The Morgan fingerprint density at radius 1 is 0.440 bits per heavy atom. The summed E-state index contributed by atoms with van der Waals surface area (Å²) in [5.41, 5.74) is -3.77. The Morgan fingerprint density at radius 2 is 0.799 bits per heavy atom. The van der Waals surface area contributed by atoms with Crippen molar-refractivity contribution in [3.05, 3.63) is 71.7 Å². The fourth-order valence-corrected chi connectivity index (χ4v) is 18.5. The van der Waals surface area contributed by atoms with Gasteiger partial charge in [-0.25, -0.2) is 63.1 Å². The van der Waals surface area contributed by atoms with E-state index in [0.29, 0.717) is 74.0 Å². The molecular weight excluding hydrogens is 1880 g/mol. The summed E-state index contributed by atoms with van der Waals surface area (Å²) in [5, 5.41) is 8.17. The van der Waals surface area contributed by atoms with Crippen LogP contribution in [0.1, 0.15) is 158 Å². The van der Waals surface area contributed by atoms with Crippen molar-refractivity contribution in [1.82, 2.24) is 60.6 Å². The molecule has 6 amide bonds. The quantitative estimate of drug-likeness (QED) is 0.0759. The molecule has 3 aromatic heterocycles. The van der Waals surface area contributed by atoms with Crippen molar-refractivity contribution in [2.24, 2.45) is 63.6 Å². The van der Waals surface area contributed by atoms with E-state index in [0.717, 1.165) is 6.42 Å². The summed E-state index contributed by atoms with van der Waals surface area (Å²) >= 11 is 0. The molecule has 134 heavy (non-hydrogen) atoms. The third-order valence-electron chi connectivity index (χ3n) is 26.6. The van der Waals surface area contributed by atoms with Gasteiger partial charge in [0.2, 0.25) is 35.4 Å². The SMILES string of the molecule is CC[C@@H]1[C@@H]2CN(C(=O)[C@H](C(C)(C)C)NC(=O)O[C@@H]3CC4CC4[C@H]3CCOCC(F)(F)c3nc4ccc(OC)cc4nc3O2)[C@@H]1[C-]=O.COc1ccc2nc3c(nc2c1)O[C@H]1CN(C(=O)[C@H](C(C)(C)C)NC(=O)O[C@@H]2C[C@H]2CCOCC3(F)F)[C@H]([C-]=O)[C@@H]1C.COc1ccc2nc3c(nc2c1)O[C@H]1CN(C(=O)[C@H](C(C)(C)C)NC(=O)O[C@]2(C)C[C@H]2CCOCC3(F)F)[C@H]([C-]=O)[C@@H]1C.[V].[V].[V]. The van der Waals surface area contributed by atoms with Gasteiger partial charge in [0.25, 0.3) is 0 Å². The first-order valence-electron chi connectivity index (χ1n) is 44.3. The van der Waals surface area contributed by atoms with E-state index < -0.39 is 215 Å². The third-order valence-corrected chi connectivity index (χ3v) is 26.6. The summed E-state index contributed by atoms with van der Waals surface area (Å²) < 4.78 is 162. The Kier molecular flexibility index (Phi) is 32.8. The van der Waals surface area contributed by atoms with Crippen LogP contribution in [-0.2, 0) is 131 Å². The fourth-order valence-electron chi connectivity index (χ4n) is 18.5. The first kappa shape index (κ1) is 105. The Morgan fingerprint density at radius 3 is 1.19 bits per heavy atom. The van der Waals surface area contributed by atoms with Crippen LogP contribution in [0.4, 0.5) is 40.7 Å². The van der Waals surface area contributed by atoms with Crippen molar-refractivity contribution < 1.29 is 182 Å². The number of amides is 6. The number of nitrogens with one attached hydrogen (secondary N) is 3. The Balaban J connectivity index is 0.000000192. The molecule has 0 spiro atoms. The molecule has 4 saturated carbocycles. The normalized spacial score (nSPS) is 30.9. The molecule has 3 N–H and O–H groups in total. The van der Waals surface area contributed by atoms with Gasteiger partial charge in [0.15, 0.2) is 17.1 Å². The molecule has 20 atom stereocenters. The van der Waals surface area contributed by atoms with Crippen molar-refractivity contribution >= 4 is 88.0 Å². The molecule has 3 saturated heterocycles. The minimum atomic E-state index is -3.59. The molecule has 2 unspecified atom stereocenters. The number of alkyl halides is 6. The molecular formula is C92H113F6N12O21V3-3. The molecule has 16 rings (SSSR count). The molecule has 6 aromatic rings. The second-order valence-electron chi connectivity index (χ2n) is 39.1. The van der Waals surface area contributed by atoms with Gasteiger partial charge >= 0.3 is 36.0 Å². The van der Waals surface area contributed by atoms with Gasteiger partial charge in [-0.3, -0.25) is 14.4 Å². The Labute approximate surface area is 807 Å². The first-order valence-corrected chi connectivity index (χ1v) is 44.3. The molecule has 727 valence electrons. The van der Waals surface area contributed by atoms with Crippen LogP contribution in [0.5, 0.6) is 34.9 Å². The second-order valence-corrected chi connectivity index (χ2v) is 39.1. The predicted octanol–water partition coefficient (Wildman–Crippen LogP) is 11.6. The predicted molar refractivity (Wildman–Crippen MR) is 456 cm³/mol. The van der Waals surface area contributed by atoms with E-state index in [1.165, 1.54) is 48.2 Å².